The molecule has 0 saturated heterocycles. The van der Waals surface area contributed by atoms with E-state index >= 15 is 0 Å². The quantitative estimate of drug-likeness (QED) is 0.793. The van der Waals surface area contributed by atoms with Crippen molar-refractivity contribution < 1.29 is 17.9 Å². The molecule has 0 bridgehead atoms. The van der Waals surface area contributed by atoms with Crippen molar-refractivity contribution in [2.24, 2.45) is 0 Å². The van der Waals surface area contributed by atoms with E-state index in [9.17, 15) is 8.42 Å². The van der Waals surface area contributed by atoms with Gasteiger partial charge in [0.25, 0.3) is 0 Å². The lowest BCUT2D eigenvalue weighted by atomic mass is 10.3. The normalized spacial score (nSPS) is 11.6. The summed E-state index contributed by atoms with van der Waals surface area (Å²) >= 11 is 0. The van der Waals surface area contributed by atoms with E-state index in [0.717, 1.165) is 0 Å². The van der Waals surface area contributed by atoms with Crippen molar-refractivity contribution in [3.63, 3.8) is 0 Å². The largest absolute Gasteiger partial charge is 0.497 e. The van der Waals surface area contributed by atoms with Gasteiger partial charge in [-0.25, -0.2) is 8.42 Å². The van der Waals surface area contributed by atoms with E-state index < -0.39 is 10.0 Å². The minimum Gasteiger partial charge on any atom is -0.497 e. The van der Waals surface area contributed by atoms with Gasteiger partial charge >= 0.3 is 0 Å². The first-order valence-electron chi connectivity index (χ1n) is 5.80. The van der Waals surface area contributed by atoms with Crippen molar-refractivity contribution in [3.05, 3.63) is 18.2 Å². The maximum absolute atomic E-state index is 12.4. The van der Waals surface area contributed by atoms with Crippen LogP contribution in [0.4, 0.5) is 0 Å². The summed E-state index contributed by atoms with van der Waals surface area (Å²) in [6.07, 6.45) is 0. The Bertz CT molecular complexity index is 516. The fraction of sp³-hybridized carbons (Fsp3) is 0.500. The van der Waals surface area contributed by atoms with Gasteiger partial charge < -0.3 is 14.8 Å². The first-order chi connectivity index (χ1) is 8.97. The molecule has 7 heteroatoms. The molecule has 19 heavy (non-hydrogen) atoms. The van der Waals surface area contributed by atoms with Crippen LogP contribution in [0.2, 0.25) is 0 Å². The number of ether oxygens (including phenoxy) is 2. The number of hydrogen-bond donors (Lipinski definition) is 1. The Labute approximate surface area is 114 Å². The van der Waals surface area contributed by atoms with Gasteiger partial charge in [0.2, 0.25) is 10.0 Å². The molecule has 6 nitrogen and oxygen atoms in total. The van der Waals surface area contributed by atoms with E-state index in [1.807, 2.05) is 0 Å². The molecule has 0 aliphatic rings. The molecule has 0 atom stereocenters. The summed E-state index contributed by atoms with van der Waals surface area (Å²) in [4.78, 5) is 0.105. The van der Waals surface area contributed by atoms with Crippen LogP contribution in [0.3, 0.4) is 0 Å². The third-order valence-corrected chi connectivity index (χ3v) is 4.61. The lowest BCUT2D eigenvalue weighted by Crippen LogP contribution is -2.33. The van der Waals surface area contributed by atoms with Crippen LogP contribution in [0.15, 0.2) is 23.1 Å². The Morgan fingerprint density at radius 1 is 1.26 bits per heavy atom. The molecule has 1 aromatic carbocycles. The maximum Gasteiger partial charge on any atom is 0.246 e. The molecule has 0 aliphatic carbocycles. The zero-order chi connectivity index (χ0) is 14.5. The predicted octanol–water partition coefficient (Wildman–Crippen LogP) is 0.544. The van der Waals surface area contributed by atoms with Gasteiger partial charge in [-0.05, 0) is 19.2 Å². The summed E-state index contributed by atoms with van der Waals surface area (Å²) < 4.78 is 36.3. The Morgan fingerprint density at radius 2 is 1.95 bits per heavy atom. The Morgan fingerprint density at radius 3 is 2.47 bits per heavy atom. The summed E-state index contributed by atoms with van der Waals surface area (Å²) in [5.41, 5.74) is 0. The van der Waals surface area contributed by atoms with Crippen LogP contribution < -0.4 is 14.8 Å². The highest BCUT2D eigenvalue weighted by Gasteiger charge is 2.25. The fourth-order valence-electron chi connectivity index (χ4n) is 1.54. The Balaban J connectivity index is 3.18. The molecule has 0 spiro atoms. The smallest absolute Gasteiger partial charge is 0.246 e. The van der Waals surface area contributed by atoms with Gasteiger partial charge in [0.1, 0.15) is 16.4 Å². The topological polar surface area (TPSA) is 67.9 Å². The molecule has 0 fully saturated rings. The lowest BCUT2D eigenvalue weighted by molar-refractivity contribution is 0.388. The SMILES string of the molecule is CNCCN(C)S(=O)(=O)c1cc(OC)ccc1OC. The molecule has 0 saturated carbocycles. The van der Waals surface area contributed by atoms with Crippen molar-refractivity contribution in [1.82, 2.24) is 9.62 Å². The summed E-state index contributed by atoms with van der Waals surface area (Å²) in [5.74, 6) is 0.776. The van der Waals surface area contributed by atoms with Crippen LogP contribution in [0.5, 0.6) is 11.5 Å². The standard InChI is InChI=1S/C12H20N2O4S/c1-13-7-8-14(2)19(15,16)12-9-10(17-3)5-6-11(12)18-4/h5-6,9,13H,7-8H2,1-4H3. The van der Waals surface area contributed by atoms with Crippen LogP contribution in [0.25, 0.3) is 0 Å². The van der Waals surface area contributed by atoms with E-state index in [0.29, 0.717) is 24.6 Å². The van der Waals surface area contributed by atoms with Gasteiger partial charge in [0.05, 0.1) is 14.2 Å². The average Bonchev–Trinajstić information content (AvgIpc) is 2.43. The number of rotatable bonds is 7. The number of benzene rings is 1. The van der Waals surface area contributed by atoms with Gasteiger partial charge in [-0.1, -0.05) is 0 Å². The number of likely N-dealkylation sites (N-methyl/N-ethyl adjacent to an activating group) is 2. The van der Waals surface area contributed by atoms with Crippen LogP contribution in [0.1, 0.15) is 0 Å². The van der Waals surface area contributed by atoms with Crippen molar-refractivity contribution >= 4 is 10.0 Å². The maximum atomic E-state index is 12.4. The summed E-state index contributed by atoms with van der Waals surface area (Å²) in [7, 11) is 2.63. The third kappa shape index (κ3) is 3.59. The molecule has 0 radical (unpaired) electrons. The predicted molar refractivity (Wildman–Crippen MR) is 73.3 cm³/mol. The zero-order valence-electron chi connectivity index (χ0n) is 11.6. The van der Waals surface area contributed by atoms with E-state index in [-0.39, 0.29) is 4.90 Å². The highest BCUT2D eigenvalue weighted by Crippen LogP contribution is 2.29. The minimum absolute atomic E-state index is 0.105. The van der Waals surface area contributed by atoms with Gasteiger partial charge in [0, 0.05) is 26.2 Å². The Hall–Kier alpha value is -1.31. The number of hydrogen-bond acceptors (Lipinski definition) is 5. The van der Waals surface area contributed by atoms with Gasteiger partial charge in [-0.15, -0.1) is 0 Å². The van der Waals surface area contributed by atoms with Crippen molar-refractivity contribution in [1.29, 1.82) is 0 Å². The lowest BCUT2D eigenvalue weighted by Gasteiger charge is -2.19. The van der Waals surface area contributed by atoms with Crippen LogP contribution in [-0.2, 0) is 10.0 Å². The van der Waals surface area contributed by atoms with Crippen LogP contribution in [0, 0.1) is 0 Å². The summed E-state index contributed by atoms with van der Waals surface area (Å²) in [5, 5.41) is 2.91. The van der Waals surface area contributed by atoms with Gasteiger partial charge in [-0.2, -0.15) is 4.31 Å². The van der Waals surface area contributed by atoms with Gasteiger partial charge in [-0.3, -0.25) is 0 Å². The van der Waals surface area contributed by atoms with Gasteiger partial charge in [0.15, 0.2) is 0 Å². The zero-order valence-corrected chi connectivity index (χ0v) is 12.5. The molecule has 0 heterocycles. The molecular formula is C12H20N2O4S. The summed E-state index contributed by atoms with van der Waals surface area (Å²) in [6, 6.07) is 4.70. The van der Waals surface area contributed by atoms with Crippen LogP contribution in [-0.4, -0.2) is 54.1 Å². The minimum atomic E-state index is -3.60. The molecule has 0 unspecified atom stereocenters. The molecule has 1 aromatic rings. The second kappa shape index (κ2) is 6.74. The van der Waals surface area contributed by atoms with E-state index in [1.165, 1.54) is 31.6 Å². The molecular weight excluding hydrogens is 268 g/mol. The number of nitrogens with one attached hydrogen (secondary N) is 1. The molecule has 0 aliphatic heterocycles. The fourth-order valence-corrected chi connectivity index (χ4v) is 2.88. The van der Waals surface area contributed by atoms with Crippen molar-refractivity contribution in [3.8, 4) is 11.5 Å². The first kappa shape index (κ1) is 15.7. The number of sulfonamides is 1. The highest BCUT2D eigenvalue weighted by atomic mass is 32.2. The molecule has 0 aromatic heterocycles. The summed E-state index contributed by atoms with van der Waals surface area (Å²) in [6.45, 7) is 0.946. The second-order valence-corrected chi connectivity index (χ2v) is 5.96. The van der Waals surface area contributed by atoms with Crippen LogP contribution >= 0.6 is 0 Å². The Kier molecular flexibility index (Phi) is 5.59. The first-order valence-corrected chi connectivity index (χ1v) is 7.24. The average molecular weight is 288 g/mol. The monoisotopic (exact) mass is 288 g/mol. The third-order valence-electron chi connectivity index (χ3n) is 2.74. The van der Waals surface area contributed by atoms with E-state index in [1.54, 1.807) is 19.2 Å². The number of methoxy groups -OCH3 is 2. The molecule has 1 N–H and O–H groups in total. The second-order valence-electron chi connectivity index (χ2n) is 3.95. The molecule has 108 valence electrons. The van der Waals surface area contributed by atoms with E-state index in [4.69, 9.17) is 9.47 Å². The van der Waals surface area contributed by atoms with Crippen molar-refractivity contribution in [2.75, 3.05) is 41.4 Å². The number of nitrogens with zero attached hydrogens (tertiary/aromatic N) is 1. The molecule has 0 amide bonds. The van der Waals surface area contributed by atoms with E-state index in [2.05, 4.69) is 5.32 Å². The molecule has 1 rings (SSSR count). The van der Waals surface area contributed by atoms with Crippen molar-refractivity contribution in [2.45, 2.75) is 4.90 Å². The highest BCUT2D eigenvalue weighted by molar-refractivity contribution is 7.89.